The predicted octanol–water partition coefficient (Wildman–Crippen LogP) is 2.50. The van der Waals surface area contributed by atoms with Gasteiger partial charge >= 0.3 is 11.8 Å². The van der Waals surface area contributed by atoms with E-state index in [1.165, 1.54) is 6.42 Å². The molecule has 6 heteroatoms. The van der Waals surface area contributed by atoms with Crippen molar-refractivity contribution >= 4 is 33.2 Å². The average Bonchev–Trinajstić information content (AvgIpc) is 3.04. The van der Waals surface area contributed by atoms with Crippen LogP contribution in [0.25, 0.3) is 10.1 Å². The van der Waals surface area contributed by atoms with Gasteiger partial charge in [-0.15, -0.1) is 11.3 Å². The van der Waals surface area contributed by atoms with Gasteiger partial charge in [0, 0.05) is 22.8 Å². The maximum Gasteiger partial charge on any atom is 0.309 e. The Morgan fingerprint density at radius 3 is 2.71 bits per heavy atom. The monoisotopic (exact) mass is 346 g/mol. The maximum absolute atomic E-state index is 11.9. The Labute approximate surface area is 145 Å². The van der Waals surface area contributed by atoms with E-state index in [0.717, 1.165) is 41.3 Å². The number of rotatable bonds is 4. The van der Waals surface area contributed by atoms with Gasteiger partial charge in [0.15, 0.2) is 0 Å². The van der Waals surface area contributed by atoms with Gasteiger partial charge in [0.25, 0.3) is 0 Å². The molecule has 5 nitrogen and oxygen atoms in total. The van der Waals surface area contributed by atoms with Gasteiger partial charge in [-0.3, -0.25) is 9.59 Å². The summed E-state index contributed by atoms with van der Waals surface area (Å²) in [5.41, 5.74) is 0.781. The first kappa shape index (κ1) is 16.9. The fourth-order valence-corrected chi connectivity index (χ4v) is 4.14. The first-order valence-corrected chi connectivity index (χ1v) is 9.26. The molecule has 0 saturated heterocycles. The van der Waals surface area contributed by atoms with Crippen LogP contribution in [0, 0.1) is 0 Å². The molecule has 2 amide bonds. The van der Waals surface area contributed by atoms with Crippen LogP contribution in [0.4, 0.5) is 0 Å². The molecule has 0 radical (unpaired) electrons. The van der Waals surface area contributed by atoms with Crippen LogP contribution in [-0.2, 0) is 9.59 Å². The second kappa shape index (κ2) is 7.77. The second-order valence-electron chi connectivity index (χ2n) is 6.22. The zero-order valence-corrected chi connectivity index (χ0v) is 14.3. The highest BCUT2D eigenvalue weighted by Gasteiger charge is 2.21. The Kier molecular flexibility index (Phi) is 5.48. The summed E-state index contributed by atoms with van der Waals surface area (Å²) < 4.78 is 1.09. The third-order valence-corrected chi connectivity index (χ3v) is 5.45. The maximum atomic E-state index is 11.9. The van der Waals surface area contributed by atoms with Crippen LogP contribution in [0.5, 0.6) is 0 Å². The van der Waals surface area contributed by atoms with E-state index in [2.05, 4.69) is 10.6 Å². The summed E-state index contributed by atoms with van der Waals surface area (Å²) in [4.78, 5) is 23.8. The van der Waals surface area contributed by atoms with Crippen LogP contribution in [0.3, 0.4) is 0 Å². The number of aliphatic hydroxyl groups is 1. The number of benzene rings is 1. The van der Waals surface area contributed by atoms with Crippen molar-refractivity contribution in [3.8, 4) is 0 Å². The standard InChI is InChI=1S/C18H22N2O3S/c21-15(14-11-24-16-9-5-4-8-13(14)16)10-19-17(22)18(23)20-12-6-2-1-3-7-12/h4-5,8-9,11-12,15,21H,1-3,6-7,10H2,(H,19,22)(H,20,23). The van der Waals surface area contributed by atoms with E-state index in [-0.39, 0.29) is 12.6 Å². The van der Waals surface area contributed by atoms with Crippen LogP contribution in [-0.4, -0.2) is 29.5 Å². The molecule has 0 spiro atoms. The highest BCUT2D eigenvalue weighted by Crippen LogP contribution is 2.29. The lowest BCUT2D eigenvalue weighted by Gasteiger charge is -2.22. The average molecular weight is 346 g/mol. The number of hydrogen-bond donors (Lipinski definition) is 3. The summed E-state index contributed by atoms with van der Waals surface area (Å²) in [5.74, 6) is -1.29. The molecule has 1 aromatic heterocycles. The van der Waals surface area contributed by atoms with Crippen molar-refractivity contribution in [2.75, 3.05) is 6.54 Å². The molecule has 1 aromatic carbocycles. The zero-order chi connectivity index (χ0) is 16.9. The van der Waals surface area contributed by atoms with Crippen molar-refractivity contribution in [2.24, 2.45) is 0 Å². The fraction of sp³-hybridized carbons (Fsp3) is 0.444. The molecule has 1 atom stereocenters. The molecule has 0 aliphatic heterocycles. The molecular weight excluding hydrogens is 324 g/mol. The van der Waals surface area contributed by atoms with E-state index in [4.69, 9.17) is 0 Å². The van der Waals surface area contributed by atoms with Gasteiger partial charge in [-0.2, -0.15) is 0 Å². The minimum Gasteiger partial charge on any atom is -0.387 e. The topological polar surface area (TPSA) is 78.4 Å². The number of amides is 2. The second-order valence-corrected chi connectivity index (χ2v) is 7.13. The number of carbonyl (C=O) groups excluding carboxylic acids is 2. The summed E-state index contributed by atoms with van der Waals surface area (Å²) in [6.45, 7) is 0.0254. The Bertz CT molecular complexity index is 722. The molecule has 1 fully saturated rings. The first-order chi connectivity index (χ1) is 11.6. The van der Waals surface area contributed by atoms with Crippen molar-refractivity contribution in [1.82, 2.24) is 10.6 Å². The van der Waals surface area contributed by atoms with Crippen molar-refractivity contribution in [2.45, 2.75) is 44.2 Å². The molecule has 1 saturated carbocycles. The molecule has 1 aliphatic rings. The Balaban J connectivity index is 1.52. The van der Waals surface area contributed by atoms with E-state index in [1.54, 1.807) is 11.3 Å². The Morgan fingerprint density at radius 1 is 1.17 bits per heavy atom. The smallest absolute Gasteiger partial charge is 0.309 e. The first-order valence-electron chi connectivity index (χ1n) is 8.38. The fourth-order valence-electron chi connectivity index (χ4n) is 3.13. The normalized spacial score (nSPS) is 16.7. The zero-order valence-electron chi connectivity index (χ0n) is 13.5. The lowest BCUT2D eigenvalue weighted by atomic mass is 9.95. The van der Waals surface area contributed by atoms with E-state index in [9.17, 15) is 14.7 Å². The molecule has 3 N–H and O–H groups in total. The van der Waals surface area contributed by atoms with Gasteiger partial charge in [-0.25, -0.2) is 0 Å². The van der Waals surface area contributed by atoms with Gasteiger partial charge in [0.2, 0.25) is 0 Å². The summed E-state index contributed by atoms with van der Waals surface area (Å²) >= 11 is 1.55. The van der Waals surface area contributed by atoms with Crippen molar-refractivity contribution < 1.29 is 14.7 Å². The number of hydrogen-bond acceptors (Lipinski definition) is 4. The Hall–Kier alpha value is -1.92. The quantitative estimate of drug-likeness (QED) is 0.744. The molecule has 0 bridgehead atoms. The lowest BCUT2D eigenvalue weighted by Crippen LogP contribution is -2.46. The summed E-state index contributed by atoms with van der Waals surface area (Å²) in [6, 6.07) is 7.91. The number of fused-ring (bicyclic) bond motifs is 1. The molecule has 3 rings (SSSR count). The van der Waals surface area contributed by atoms with Crippen LogP contribution in [0.1, 0.15) is 43.8 Å². The number of thiophene rings is 1. The summed E-state index contributed by atoms with van der Waals surface area (Å²) in [7, 11) is 0. The van der Waals surface area contributed by atoms with Crippen LogP contribution < -0.4 is 10.6 Å². The van der Waals surface area contributed by atoms with Gasteiger partial charge < -0.3 is 15.7 Å². The van der Waals surface area contributed by atoms with Crippen molar-refractivity contribution in [3.63, 3.8) is 0 Å². The largest absolute Gasteiger partial charge is 0.387 e. The van der Waals surface area contributed by atoms with Gasteiger partial charge in [0.05, 0.1) is 6.10 Å². The summed E-state index contributed by atoms with van der Waals surface area (Å²) in [5, 5.41) is 18.5. The van der Waals surface area contributed by atoms with Gasteiger partial charge in [-0.05, 0) is 29.7 Å². The van der Waals surface area contributed by atoms with Crippen LogP contribution in [0.15, 0.2) is 29.6 Å². The molecule has 1 heterocycles. The minimum absolute atomic E-state index is 0.0254. The molecular formula is C18H22N2O3S. The Morgan fingerprint density at radius 2 is 1.92 bits per heavy atom. The SMILES string of the molecule is O=C(NCC(O)c1csc2ccccc12)C(=O)NC1CCCCC1. The predicted molar refractivity (Wildman–Crippen MR) is 94.8 cm³/mol. The summed E-state index contributed by atoms with van der Waals surface area (Å²) in [6.07, 6.45) is 4.42. The number of nitrogens with one attached hydrogen (secondary N) is 2. The van der Waals surface area contributed by atoms with E-state index in [1.807, 2.05) is 29.6 Å². The minimum atomic E-state index is -0.826. The highest BCUT2D eigenvalue weighted by atomic mass is 32.1. The third-order valence-electron chi connectivity index (χ3n) is 4.47. The van der Waals surface area contributed by atoms with E-state index in [0.29, 0.717) is 0 Å². The lowest BCUT2D eigenvalue weighted by molar-refractivity contribution is -0.140. The van der Waals surface area contributed by atoms with Crippen LogP contribution >= 0.6 is 11.3 Å². The highest BCUT2D eigenvalue weighted by molar-refractivity contribution is 7.17. The molecule has 1 aliphatic carbocycles. The van der Waals surface area contributed by atoms with Crippen molar-refractivity contribution in [3.05, 3.63) is 35.2 Å². The molecule has 2 aromatic rings. The molecule has 128 valence electrons. The van der Waals surface area contributed by atoms with Gasteiger partial charge in [-0.1, -0.05) is 37.5 Å². The van der Waals surface area contributed by atoms with Gasteiger partial charge in [0.1, 0.15) is 0 Å². The van der Waals surface area contributed by atoms with Crippen LogP contribution in [0.2, 0.25) is 0 Å². The third kappa shape index (κ3) is 3.94. The van der Waals surface area contributed by atoms with Crippen molar-refractivity contribution in [1.29, 1.82) is 0 Å². The molecule has 24 heavy (non-hydrogen) atoms. The number of aliphatic hydroxyl groups excluding tert-OH is 1. The van der Waals surface area contributed by atoms with E-state index >= 15 is 0 Å². The van der Waals surface area contributed by atoms with E-state index < -0.39 is 17.9 Å². The molecule has 1 unspecified atom stereocenters. The number of carbonyl (C=O) groups is 2.